The normalized spacial score (nSPS) is 22.2. The molecule has 0 radical (unpaired) electrons. The summed E-state index contributed by atoms with van der Waals surface area (Å²) in [5, 5.41) is 0. The van der Waals surface area contributed by atoms with Crippen LogP contribution in [0.2, 0.25) is 0 Å². The fourth-order valence-corrected chi connectivity index (χ4v) is 3.45. The fraction of sp³-hybridized carbons (Fsp3) is 0.750. The largest absolute Gasteiger partial charge is 0.343 e. The van der Waals surface area contributed by atoms with Crippen LogP contribution in [0.15, 0.2) is 4.99 Å². The van der Waals surface area contributed by atoms with Crippen LogP contribution in [0.25, 0.3) is 0 Å². The third-order valence-electron chi connectivity index (χ3n) is 5.16. The molecular weight excluding hydrogens is 276 g/mol. The van der Waals surface area contributed by atoms with Gasteiger partial charge in [0.1, 0.15) is 17.7 Å². The summed E-state index contributed by atoms with van der Waals surface area (Å²) in [5.74, 6) is 3.54. The molecule has 1 aliphatic carbocycles. The van der Waals surface area contributed by atoms with Gasteiger partial charge in [0, 0.05) is 33.1 Å². The van der Waals surface area contributed by atoms with Gasteiger partial charge in [0.15, 0.2) is 5.82 Å². The number of rotatable bonds is 3. The minimum atomic E-state index is -0.205. The molecule has 2 aliphatic rings. The van der Waals surface area contributed by atoms with E-state index < -0.39 is 0 Å². The Hall–Kier alpha value is -1.56. The summed E-state index contributed by atoms with van der Waals surface area (Å²) >= 11 is 0. The number of nitrogens with zero attached hydrogens (tertiary/aromatic N) is 5. The van der Waals surface area contributed by atoms with Gasteiger partial charge in [0.25, 0.3) is 0 Å². The van der Waals surface area contributed by atoms with Gasteiger partial charge in [0.2, 0.25) is 5.95 Å². The molecule has 1 unspecified atom stereocenters. The van der Waals surface area contributed by atoms with Crippen LogP contribution in [0.1, 0.15) is 51.4 Å². The Labute approximate surface area is 133 Å². The highest BCUT2D eigenvalue weighted by atomic mass is 15.4. The van der Waals surface area contributed by atoms with Gasteiger partial charge in [-0.3, -0.25) is 4.57 Å². The average Bonchev–Trinajstić information content (AvgIpc) is 3.10. The van der Waals surface area contributed by atoms with Crippen LogP contribution in [0.5, 0.6) is 0 Å². The summed E-state index contributed by atoms with van der Waals surface area (Å²) in [6.45, 7) is 4.32. The number of aromatic nitrogens is 2. The van der Waals surface area contributed by atoms with Crippen molar-refractivity contribution in [1.82, 2.24) is 14.5 Å². The second-order valence-corrected chi connectivity index (χ2v) is 6.89. The molecule has 2 heterocycles. The molecular formula is C16H28N6. The first-order valence-electron chi connectivity index (χ1n) is 8.28. The lowest BCUT2D eigenvalue weighted by molar-refractivity contribution is 0.350. The van der Waals surface area contributed by atoms with Crippen molar-refractivity contribution in [2.45, 2.75) is 51.7 Å². The molecule has 6 nitrogen and oxygen atoms in total. The number of anilines is 1. The van der Waals surface area contributed by atoms with E-state index in [2.05, 4.69) is 35.3 Å². The standard InChI is InChI=1S/C16H28N6/c1-10(2)20(3)16-18-12-13(17)21(4)14(11-8-6-7-9-11)19-15(12)22(16)5/h10-11,13H,6-9,17H2,1-5H3. The molecule has 1 atom stereocenters. The SMILES string of the molecule is CC(C)N(C)c1nc2c(n1C)N=C(C1CCCC1)N(C)C2N. The van der Waals surface area contributed by atoms with Gasteiger partial charge >= 0.3 is 0 Å². The van der Waals surface area contributed by atoms with Crippen LogP contribution in [0.4, 0.5) is 11.8 Å². The maximum absolute atomic E-state index is 6.46. The van der Waals surface area contributed by atoms with Crippen molar-refractivity contribution in [3.63, 3.8) is 0 Å². The first-order valence-corrected chi connectivity index (χ1v) is 8.28. The second kappa shape index (κ2) is 5.57. The molecule has 0 aromatic carbocycles. The van der Waals surface area contributed by atoms with Crippen LogP contribution < -0.4 is 10.6 Å². The molecule has 0 spiro atoms. The molecule has 1 saturated carbocycles. The van der Waals surface area contributed by atoms with Crippen molar-refractivity contribution < 1.29 is 0 Å². The molecule has 1 aromatic rings. The van der Waals surface area contributed by atoms with Crippen molar-refractivity contribution in [1.29, 1.82) is 0 Å². The van der Waals surface area contributed by atoms with E-state index in [-0.39, 0.29) is 6.17 Å². The Morgan fingerprint density at radius 1 is 1.23 bits per heavy atom. The zero-order chi connectivity index (χ0) is 16.0. The number of hydrogen-bond donors (Lipinski definition) is 1. The number of hydrogen-bond acceptors (Lipinski definition) is 5. The molecule has 2 N–H and O–H groups in total. The summed E-state index contributed by atoms with van der Waals surface area (Å²) in [6.07, 6.45) is 4.84. The maximum Gasteiger partial charge on any atom is 0.207 e. The molecule has 22 heavy (non-hydrogen) atoms. The highest BCUT2D eigenvalue weighted by Crippen LogP contribution is 2.38. The minimum Gasteiger partial charge on any atom is -0.343 e. The Bertz CT molecular complexity index is 582. The lowest BCUT2D eigenvalue weighted by Crippen LogP contribution is -2.41. The molecule has 1 fully saturated rings. The van der Waals surface area contributed by atoms with Gasteiger partial charge < -0.3 is 15.5 Å². The van der Waals surface area contributed by atoms with Crippen LogP contribution in [-0.2, 0) is 7.05 Å². The van der Waals surface area contributed by atoms with E-state index in [0.717, 1.165) is 23.3 Å². The lowest BCUT2D eigenvalue weighted by atomic mass is 10.0. The first-order chi connectivity index (χ1) is 10.4. The molecule has 6 heteroatoms. The molecule has 0 bridgehead atoms. The first kappa shape index (κ1) is 15.3. The van der Waals surface area contributed by atoms with Crippen LogP contribution in [0, 0.1) is 5.92 Å². The topological polar surface area (TPSA) is 62.7 Å². The predicted molar refractivity (Wildman–Crippen MR) is 90.5 cm³/mol. The fourth-order valence-electron chi connectivity index (χ4n) is 3.45. The summed E-state index contributed by atoms with van der Waals surface area (Å²) in [5.41, 5.74) is 7.34. The highest BCUT2D eigenvalue weighted by molar-refractivity contribution is 5.89. The van der Waals surface area contributed by atoms with Crippen molar-refractivity contribution in [3.05, 3.63) is 5.69 Å². The summed E-state index contributed by atoms with van der Waals surface area (Å²) < 4.78 is 2.08. The number of amidine groups is 1. The van der Waals surface area contributed by atoms with Crippen LogP contribution in [-0.4, -0.2) is 40.4 Å². The zero-order valence-electron chi connectivity index (χ0n) is 14.4. The number of fused-ring (bicyclic) bond motifs is 1. The Kier molecular flexibility index (Phi) is 3.89. The summed E-state index contributed by atoms with van der Waals surface area (Å²) in [7, 11) is 6.15. The van der Waals surface area contributed by atoms with Gasteiger partial charge in [0.05, 0.1) is 0 Å². The predicted octanol–water partition coefficient (Wildman–Crippen LogP) is 2.39. The van der Waals surface area contributed by atoms with Crippen molar-refractivity contribution >= 4 is 17.6 Å². The highest BCUT2D eigenvalue weighted by Gasteiger charge is 2.34. The van der Waals surface area contributed by atoms with E-state index in [1.807, 2.05) is 14.1 Å². The van der Waals surface area contributed by atoms with Crippen LogP contribution in [0.3, 0.4) is 0 Å². The van der Waals surface area contributed by atoms with E-state index in [4.69, 9.17) is 15.7 Å². The van der Waals surface area contributed by atoms with Crippen molar-refractivity contribution in [2.75, 3.05) is 19.0 Å². The third-order valence-corrected chi connectivity index (χ3v) is 5.16. The summed E-state index contributed by atoms with van der Waals surface area (Å²) in [6, 6.07) is 0.384. The average molecular weight is 304 g/mol. The van der Waals surface area contributed by atoms with Crippen molar-refractivity contribution in [2.24, 2.45) is 23.7 Å². The lowest BCUT2D eigenvalue weighted by Gasteiger charge is -2.33. The zero-order valence-corrected chi connectivity index (χ0v) is 14.4. The molecule has 1 aliphatic heterocycles. The van der Waals surface area contributed by atoms with E-state index in [0.29, 0.717) is 12.0 Å². The number of aliphatic imine (C=N–C) groups is 1. The molecule has 1 aromatic heterocycles. The van der Waals surface area contributed by atoms with Gasteiger partial charge in [-0.15, -0.1) is 0 Å². The van der Waals surface area contributed by atoms with Gasteiger partial charge in [-0.2, -0.15) is 0 Å². The molecule has 0 saturated heterocycles. The van der Waals surface area contributed by atoms with Crippen LogP contribution >= 0.6 is 0 Å². The number of imidazole rings is 1. The van der Waals surface area contributed by atoms with Gasteiger partial charge in [-0.1, -0.05) is 12.8 Å². The van der Waals surface area contributed by atoms with E-state index in [9.17, 15) is 0 Å². The third kappa shape index (κ3) is 2.29. The quantitative estimate of drug-likeness (QED) is 0.931. The van der Waals surface area contributed by atoms with E-state index in [1.165, 1.54) is 25.7 Å². The molecule has 3 rings (SSSR count). The second-order valence-electron chi connectivity index (χ2n) is 6.89. The van der Waals surface area contributed by atoms with E-state index >= 15 is 0 Å². The maximum atomic E-state index is 6.46. The Balaban J connectivity index is 2.04. The summed E-state index contributed by atoms with van der Waals surface area (Å²) in [4.78, 5) is 14.0. The Morgan fingerprint density at radius 3 is 2.45 bits per heavy atom. The molecule has 0 amide bonds. The number of nitrogens with two attached hydrogens (primary N) is 1. The van der Waals surface area contributed by atoms with E-state index in [1.54, 1.807) is 0 Å². The smallest absolute Gasteiger partial charge is 0.207 e. The van der Waals surface area contributed by atoms with Gasteiger partial charge in [-0.05, 0) is 26.7 Å². The van der Waals surface area contributed by atoms with Crippen molar-refractivity contribution in [3.8, 4) is 0 Å². The Morgan fingerprint density at radius 2 is 1.86 bits per heavy atom. The van der Waals surface area contributed by atoms with Gasteiger partial charge in [-0.25, -0.2) is 9.98 Å². The monoisotopic (exact) mass is 304 g/mol. The molecule has 122 valence electrons. The minimum absolute atomic E-state index is 0.205.